The molecule has 0 spiro atoms. The summed E-state index contributed by atoms with van der Waals surface area (Å²) in [6.45, 7) is 4.37. The summed E-state index contributed by atoms with van der Waals surface area (Å²) in [5, 5.41) is 2.05. The third kappa shape index (κ3) is 2.16. The summed E-state index contributed by atoms with van der Waals surface area (Å²) < 4.78 is 5.55. The molecule has 2 nitrogen and oxygen atoms in total. The van der Waals surface area contributed by atoms with Crippen LogP contribution in [0.4, 0.5) is 0 Å². The van der Waals surface area contributed by atoms with Crippen molar-refractivity contribution in [1.29, 1.82) is 0 Å². The van der Waals surface area contributed by atoms with Crippen LogP contribution >= 0.6 is 0 Å². The second-order valence-electron chi connectivity index (χ2n) is 3.87. The number of Topliss-reactive ketones (excluding diaryl/α,β-unsaturated/α-hetero) is 1. The molecule has 0 aromatic heterocycles. The van der Waals surface area contributed by atoms with Gasteiger partial charge in [-0.25, -0.2) is 0 Å². The Balaban J connectivity index is 2.70. The fourth-order valence-electron chi connectivity index (χ4n) is 1.99. The van der Waals surface area contributed by atoms with Crippen LogP contribution < -0.4 is 4.74 Å². The molecule has 0 aliphatic heterocycles. The van der Waals surface area contributed by atoms with E-state index in [9.17, 15) is 4.79 Å². The summed E-state index contributed by atoms with van der Waals surface area (Å²) in [5.41, 5.74) is 0.715. The molecule has 2 rings (SSSR count). The van der Waals surface area contributed by atoms with Crippen LogP contribution in [0.25, 0.3) is 10.8 Å². The van der Waals surface area contributed by atoms with Gasteiger partial charge in [0.15, 0.2) is 5.78 Å². The van der Waals surface area contributed by atoms with Gasteiger partial charge in [-0.15, -0.1) is 0 Å². The minimum atomic E-state index is 0.130. The normalized spacial score (nSPS) is 10.5. The highest BCUT2D eigenvalue weighted by Gasteiger charge is 2.14. The van der Waals surface area contributed by atoms with Gasteiger partial charge in [0.2, 0.25) is 0 Å². The molecule has 0 atom stereocenters. The van der Waals surface area contributed by atoms with Crippen molar-refractivity contribution in [3.8, 4) is 5.75 Å². The smallest absolute Gasteiger partial charge is 0.166 e. The molecule has 0 heterocycles. The summed E-state index contributed by atoms with van der Waals surface area (Å²) in [7, 11) is 0. The van der Waals surface area contributed by atoms with Crippen molar-refractivity contribution >= 4 is 16.6 Å². The Labute approximate surface area is 101 Å². The number of hydrogen-bond donors (Lipinski definition) is 0. The van der Waals surface area contributed by atoms with Crippen LogP contribution in [0.15, 0.2) is 36.4 Å². The number of ether oxygens (including phenoxy) is 1. The minimum Gasteiger partial charge on any atom is -0.493 e. The van der Waals surface area contributed by atoms with Crippen LogP contribution in [0.5, 0.6) is 5.75 Å². The first kappa shape index (κ1) is 11.6. The molecule has 2 aromatic rings. The van der Waals surface area contributed by atoms with Crippen molar-refractivity contribution in [2.75, 3.05) is 6.61 Å². The monoisotopic (exact) mass is 228 g/mol. The first-order chi connectivity index (χ1) is 8.27. The maximum absolute atomic E-state index is 12.0. The van der Waals surface area contributed by atoms with Gasteiger partial charge >= 0.3 is 0 Å². The average Bonchev–Trinajstić information content (AvgIpc) is 2.38. The number of rotatable bonds is 4. The molecule has 0 fully saturated rings. The van der Waals surface area contributed by atoms with Gasteiger partial charge in [0.05, 0.1) is 12.2 Å². The molecule has 0 saturated carbocycles. The van der Waals surface area contributed by atoms with Crippen molar-refractivity contribution in [1.82, 2.24) is 0 Å². The third-order valence-electron chi connectivity index (χ3n) is 2.79. The van der Waals surface area contributed by atoms with E-state index in [-0.39, 0.29) is 5.78 Å². The SMILES string of the molecule is CCOc1ccc2ccccc2c1C(=O)CC. The molecule has 0 radical (unpaired) electrons. The average molecular weight is 228 g/mol. The summed E-state index contributed by atoms with van der Waals surface area (Å²) in [6, 6.07) is 11.8. The lowest BCUT2D eigenvalue weighted by Gasteiger charge is -2.11. The summed E-state index contributed by atoms with van der Waals surface area (Å²) in [4.78, 5) is 12.0. The first-order valence-electron chi connectivity index (χ1n) is 5.95. The predicted octanol–water partition coefficient (Wildman–Crippen LogP) is 3.83. The zero-order valence-corrected chi connectivity index (χ0v) is 10.2. The van der Waals surface area contributed by atoms with Gasteiger partial charge in [-0.2, -0.15) is 0 Å². The van der Waals surface area contributed by atoms with Crippen molar-refractivity contribution in [2.24, 2.45) is 0 Å². The Morgan fingerprint density at radius 3 is 2.59 bits per heavy atom. The van der Waals surface area contributed by atoms with Crippen LogP contribution in [-0.4, -0.2) is 12.4 Å². The zero-order chi connectivity index (χ0) is 12.3. The van der Waals surface area contributed by atoms with Crippen molar-refractivity contribution < 1.29 is 9.53 Å². The van der Waals surface area contributed by atoms with Crippen LogP contribution in [0.2, 0.25) is 0 Å². The second-order valence-corrected chi connectivity index (χ2v) is 3.87. The van der Waals surface area contributed by atoms with Gasteiger partial charge in [0.1, 0.15) is 5.75 Å². The van der Waals surface area contributed by atoms with Crippen molar-refractivity contribution in [3.63, 3.8) is 0 Å². The third-order valence-corrected chi connectivity index (χ3v) is 2.79. The van der Waals surface area contributed by atoms with Gasteiger partial charge in [-0.3, -0.25) is 4.79 Å². The molecule has 0 aliphatic carbocycles. The van der Waals surface area contributed by atoms with E-state index in [1.165, 1.54) is 0 Å². The Morgan fingerprint density at radius 1 is 1.12 bits per heavy atom. The highest BCUT2D eigenvalue weighted by molar-refractivity contribution is 6.10. The molecular weight excluding hydrogens is 212 g/mol. The van der Waals surface area contributed by atoms with E-state index in [0.717, 1.165) is 10.8 Å². The maximum Gasteiger partial charge on any atom is 0.166 e. The van der Waals surface area contributed by atoms with E-state index in [1.54, 1.807) is 0 Å². The molecule has 0 N–H and O–H groups in total. The molecule has 0 aliphatic rings. The Bertz CT molecular complexity index is 544. The first-order valence-corrected chi connectivity index (χ1v) is 5.95. The standard InChI is InChI=1S/C15H16O2/c1-3-13(16)15-12-8-6-5-7-11(12)9-10-14(15)17-4-2/h5-10H,3-4H2,1-2H3. The van der Waals surface area contributed by atoms with E-state index in [2.05, 4.69) is 0 Å². The molecule has 0 amide bonds. The topological polar surface area (TPSA) is 26.3 Å². The van der Waals surface area contributed by atoms with E-state index < -0.39 is 0 Å². The maximum atomic E-state index is 12.0. The Morgan fingerprint density at radius 2 is 1.88 bits per heavy atom. The summed E-state index contributed by atoms with van der Waals surface area (Å²) >= 11 is 0. The minimum absolute atomic E-state index is 0.130. The fourth-order valence-corrected chi connectivity index (χ4v) is 1.99. The predicted molar refractivity (Wildman–Crippen MR) is 69.7 cm³/mol. The Hall–Kier alpha value is -1.83. The molecule has 2 aromatic carbocycles. The highest BCUT2D eigenvalue weighted by atomic mass is 16.5. The van der Waals surface area contributed by atoms with Crippen LogP contribution in [0.3, 0.4) is 0 Å². The lowest BCUT2D eigenvalue weighted by Crippen LogP contribution is -2.03. The molecule has 0 saturated heterocycles. The Kier molecular flexibility index (Phi) is 3.43. The van der Waals surface area contributed by atoms with Crippen LogP contribution in [-0.2, 0) is 0 Å². The quantitative estimate of drug-likeness (QED) is 0.743. The second kappa shape index (κ2) is 5.00. The van der Waals surface area contributed by atoms with Gasteiger partial charge in [-0.1, -0.05) is 37.3 Å². The number of ketones is 1. The largest absolute Gasteiger partial charge is 0.493 e. The van der Waals surface area contributed by atoms with Crippen molar-refractivity contribution in [3.05, 3.63) is 42.0 Å². The fraction of sp³-hybridized carbons (Fsp3) is 0.267. The number of hydrogen-bond acceptors (Lipinski definition) is 2. The van der Waals surface area contributed by atoms with E-state index in [0.29, 0.717) is 24.3 Å². The molecule has 0 unspecified atom stereocenters. The molecule has 0 bridgehead atoms. The van der Waals surface area contributed by atoms with E-state index in [4.69, 9.17) is 4.74 Å². The van der Waals surface area contributed by atoms with Gasteiger partial charge < -0.3 is 4.74 Å². The van der Waals surface area contributed by atoms with Crippen LogP contribution in [0.1, 0.15) is 30.6 Å². The summed E-state index contributed by atoms with van der Waals surface area (Å²) in [5.74, 6) is 0.823. The molecule has 17 heavy (non-hydrogen) atoms. The summed E-state index contributed by atoms with van der Waals surface area (Å²) in [6.07, 6.45) is 0.494. The molecule has 2 heteroatoms. The van der Waals surface area contributed by atoms with E-state index >= 15 is 0 Å². The van der Waals surface area contributed by atoms with Gasteiger partial charge in [0, 0.05) is 6.42 Å². The van der Waals surface area contributed by atoms with Gasteiger partial charge in [0.25, 0.3) is 0 Å². The molecule has 88 valence electrons. The highest BCUT2D eigenvalue weighted by Crippen LogP contribution is 2.29. The number of benzene rings is 2. The lowest BCUT2D eigenvalue weighted by molar-refractivity contribution is 0.0986. The van der Waals surface area contributed by atoms with Crippen LogP contribution in [0, 0.1) is 0 Å². The van der Waals surface area contributed by atoms with Crippen molar-refractivity contribution in [2.45, 2.75) is 20.3 Å². The number of carbonyl (C=O) groups is 1. The number of fused-ring (bicyclic) bond motifs is 1. The number of carbonyl (C=O) groups excluding carboxylic acids is 1. The lowest BCUT2D eigenvalue weighted by atomic mass is 9.99. The molecular formula is C15H16O2. The van der Waals surface area contributed by atoms with Gasteiger partial charge in [-0.05, 0) is 23.8 Å². The van der Waals surface area contributed by atoms with E-state index in [1.807, 2.05) is 50.2 Å². The zero-order valence-electron chi connectivity index (χ0n) is 10.2.